The van der Waals surface area contributed by atoms with E-state index >= 15 is 0 Å². The van der Waals surface area contributed by atoms with E-state index in [0.29, 0.717) is 6.04 Å². The Morgan fingerprint density at radius 2 is 1.82 bits per heavy atom. The molecular formula is C14H21FNS+. The van der Waals surface area contributed by atoms with Crippen molar-refractivity contribution in [1.82, 2.24) is 4.72 Å². The molecule has 1 nitrogen and oxygen atoms in total. The maximum absolute atomic E-state index is 12.9. The zero-order chi connectivity index (χ0) is 12.5. The minimum Gasteiger partial charge on any atom is -0.207 e. The average molecular weight is 254 g/mol. The van der Waals surface area contributed by atoms with Gasteiger partial charge in [0.05, 0.1) is 18.0 Å². The summed E-state index contributed by atoms with van der Waals surface area (Å²) in [5.74, 6) is 0.576. The van der Waals surface area contributed by atoms with E-state index in [-0.39, 0.29) is 10.6 Å². The smallest absolute Gasteiger partial charge is 0.136 e. The van der Waals surface area contributed by atoms with E-state index in [0.717, 1.165) is 5.92 Å². The van der Waals surface area contributed by atoms with Crippen LogP contribution >= 0.6 is 0 Å². The second-order valence-corrected chi connectivity index (χ2v) is 7.60. The molecule has 0 spiro atoms. The molecule has 1 aromatic carbocycles. The van der Waals surface area contributed by atoms with Crippen molar-refractivity contribution in [3.63, 3.8) is 0 Å². The quantitative estimate of drug-likeness (QED) is 0.641. The Morgan fingerprint density at radius 3 is 2.29 bits per heavy atom. The average Bonchev–Trinajstić information content (AvgIpc) is 3.03. The second-order valence-electron chi connectivity index (χ2n) is 5.78. The maximum atomic E-state index is 12.9. The molecule has 1 atom stereocenters. The first-order valence-corrected chi connectivity index (χ1v) is 7.08. The van der Waals surface area contributed by atoms with Crippen LogP contribution in [0.5, 0.6) is 0 Å². The van der Waals surface area contributed by atoms with Gasteiger partial charge in [-0.1, -0.05) is 12.1 Å². The van der Waals surface area contributed by atoms with Gasteiger partial charge in [-0.15, -0.1) is 4.72 Å². The van der Waals surface area contributed by atoms with Gasteiger partial charge in [-0.3, -0.25) is 0 Å². The lowest BCUT2D eigenvalue weighted by atomic mass is 10.0. The van der Waals surface area contributed by atoms with Crippen LogP contribution in [0.1, 0.15) is 45.2 Å². The van der Waals surface area contributed by atoms with Gasteiger partial charge < -0.3 is 0 Å². The summed E-state index contributed by atoms with van der Waals surface area (Å²) in [6.45, 7) is 6.66. The highest BCUT2D eigenvalue weighted by Gasteiger charge is 2.35. The van der Waals surface area contributed by atoms with Crippen molar-refractivity contribution < 1.29 is 4.39 Å². The normalized spacial score (nSPS) is 18.1. The van der Waals surface area contributed by atoms with Gasteiger partial charge in [0.25, 0.3) is 0 Å². The summed E-state index contributed by atoms with van der Waals surface area (Å²) in [5.41, 5.74) is 1.21. The van der Waals surface area contributed by atoms with E-state index in [1.165, 1.54) is 30.4 Å². The first-order valence-electron chi connectivity index (χ1n) is 6.18. The van der Waals surface area contributed by atoms with E-state index < -0.39 is 0 Å². The molecule has 1 aliphatic rings. The third-order valence-electron chi connectivity index (χ3n) is 2.86. The van der Waals surface area contributed by atoms with Crippen molar-refractivity contribution in [2.75, 3.05) is 0 Å². The highest BCUT2D eigenvalue weighted by Crippen LogP contribution is 2.41. The number of benzene rings is 1. The molecule has 1 fully saturated rings. The molecular weight excluding hydrogens is 233 g/mol. The number of rotatable bonds is 4. The maximum Gasteiger partial charge on any atom is 0.136 e. The van der Waals surface area contributed by atoms with Crippen LogP contribution in [-0.4, -0.2) is 4.75 Å². The molecule has 0 heterocycles. The highest BCUT2D eigenvalue weighted by atomic mass is 32.2. The Balaban J connectivity index is 2.04. The molecule has 0 amide bonds. The van der Waals surface area contributed by atoms with Crippen molar-refractivity contribution in [2.45, 2.75) is 44.4 Å². The molecule has 2 rings (SSSR count). The lowest BCUT2D eigenvalue weighted by molar-refractivity contribution is 0.580. The number of hydrogen-bond acceptors (Lipinski definition) is 1. The molecule has 1 N–H and O–H groups in total. The Morgan fingerprint density at radius 1 is 1.24 bits per heavy atom. The van der Waals surface area contributed by atoms with E-state index in [4.69, 9.17) is 0 Å². The molecule has 1 aromatic rings. The van der Waals surface area contributed by atoms with Crippen LogP contribution in [0.15, 0.2) is 24.3 Å². The van der Waals surface area contributed by atoms with E-state index in [1.807, 2.05) is 12.1 Å². The van der Waals surface area contributed by atoms with Crippen LogP contribution < -0.4 is 4.72 Å². The molecule has 0 bridgehead atoms. The van der Waals surface area contributed by atoms with Gasteiger partial charge >= 0.3 is 0 Å². The van der Waals surface area contributed by atoms with Gasteiger partial charge in [-0.2, -0.15) is 0 Å². The summed E-state index contributed by atoms with van der Waals surface area (Å²) in [6.07, 6.45) is 2.57. The molecule has 17 heavy (non-hydrogen) atoms. The minimum absolute atomic E-state index is 0.156. The predicted octanol–water partition coefficient (Wildman–Crippen LogP) is 3.39. The highest BCUT2D eigenvalue weighted by molar-refractivity contribution is 7.77. The molecule has 1 saturated carbocycles. The SMILES string of the molecule is CC(C)(C)[SH+]NC(c1ccc(F)cc1)C1CC1. The van der Waals surface area contributed by atoms with Crippen molar-refractivity contribution in [3.05, 3.63) is 35.6 Å². The van der Waals surface area contributed by atoms with Gasteiger partial charge in [-0.25, -0.2) is 4.39 Å². The van der Waals surface area contributed by atoms with Crippen LogP contribution in [0.25, 0.3) is 0 Å². The topological polar surface area (TPSA) is 12.0 Å². The molecule has 94 valence electrons. The first-order chi connectivity index (χ1) is 7.96. The lowest BCUT2D eigenvalue weighted by Crippen LogP contribution is -2.31. The van der Waals surface area contributed by atoms with Crippen LogP contribution in [0.3, 0.4) is 0 Å². The minimum atomic E-state index is -0.156. The largest absolute Gasteiger partial charge is 0.207 e. The number of thiol groups is 1. The van der Waals surface area contributed by atoms with Gasteiger partial charge in [0.15, 0.2) is 0 Å². The van der Waals surface area contributed by atoms with Crippen molar-refractivity contribution in [2.24, 2.45) is 5.92 Å². The lowest BCUT2D eigenvalue weighted by Gasteiger charge is -2.17. The summed E-state index contributed by atoms with van der Waals surface area (Å²) < 4.78 is 16.8. The van der Waals surface area contributed by atoms with Crippen molar-refractivity contribution >= 4 is 11.9 Å². The summed E-state index contributed by atoms with van der Waals surface area (Å²) in [4.78, 5) is 0. The van der Waals surface area contributed by atoms with Crippen LogP contribution in [-0.2, 0) is 11.9 Å². The third kappa shape index (κ3) is 4.00. The molecule has 3 heteroatoms. The Labute approximate surface area is 107 Å². The van der Waals surface area contributed by atoms with Crippen LogP contribution in [0.4, 0.5) is 4.39 Å². The number of halogens is 1. The molecule has 0 radical (unpaired) electrons. The number of nitrogens with one attached hydrogen (secondary N) is 1. The zero-order valence-electron chi connectivity index (χ0n) is 10.7. The molecule has 1 aliphatic carbocycles. The molecule has 0 aliphatic heterocycles. The predicted molar refractivity (Wildman–Crippen MR) is 73.5 cm³/mol. The monoisotopic (exact) mass is 254 g/mol. The molecule has 0 aromatic heterocycles. The first kappa shape index (κ1) is 12.9. The van der Waals surface area contributed by atoms with E-state index in [9.17, 15) is 4.39 Å². The Hall–Kier alpha value is -0.540. The molecule has 0 saturated heterocycles. The van der Waals surface area contributed by atoms with E-state index in [1.54, 1.807) is 12.1 Å². The Bertz CT molecular complexity index is 365. The zero-order valence-corrected chi connectivity index (χ0v) is 11.6. The third-order valence-corrected chi connectivity index (χ3v) is 3.94. The van der Waals surface area contributed by atoms with Crippen molar-refractivity contribution in [3.8, 4) is 0 Å². The van der Waals surface area contributed by atoms with Crippen LogP contribution in [0.2, 0.25) is 0 Å². The second kappa shape index (κ2) is 4.99. The van der Waals surface area contributed by atoms with E-state index in [2.05, 4.69) is 25.5 Å². The fourth-order valence-electron chi connectivity index (χ4n) is 1.81. The summed E-state index contributed by atoms with van der Waals surface area (Å²) >= 11 is 1.25. The standard InChI is InChI=1S/C14H20FNS/c1-14(2,3)17-16-13(10-4-5-10)11-6-8-12(15)9-7-11/h6-10,13,16H,4-5H2,1-3H3/p+1. The van der Waals surface area contributed by atoms with Crippen molar-refractivity contribution in [1.29, 1.82) is 0 Å². The molecule has 1 unspecified atom stereocenters. The van der Waals surface area contributed by atoms with Gasteiger partial charge in [0, 0.05) is 0 Å². The summed E-state index contributed by atoms with van der Waals surface area (Å²) in [5, 5.41) is 0. The fraction of sp³-hybridized carbons (Fsp3) is 0.571. The number of hydrogen-bond donors (Lipinski definition) is 1. The fourth-order valence-corrected chi connectivity index (χ4v) is 2.70. The van der Waals surface area contributed by atoms with Crippen LogP contribution in [0, 0.1) is 11.7 Å². The summed E-state index contributed by atoms with van der Waals surface area (Å²) in [6, 6.07) is 7.31. The summed E-state index contributed by atoms with van der Waals surface area (Å²) in [7, 11) is 0. The van der Waals surface area contributed by atoms with Gasteiger partial charge in [0.2, 0.25) is 0 Å². The van der Waals surface area contributed by atoms with Gasteiger partial charge in [0.1, 0.15) is 10.6 Å². The Kier molecular flexibility index (Phi) is 3.79. The van der Waals surface area contributed by atoms with Gasteiger partial charge in [-0.05, 0) is 57.2 Å².